The van der Waals surface area contributed by atoms with E-state index >= 15 is 0 Å². The van der Waals surface area contributed by atoms with Crippen LogP contribution in [0.25, 0.3) is 33.8 Å². The summed E-state index contributed by atoms with van der Waals surface area (Å²) in [6, 6.07) is 6.01. The third-order valence-electron chi connectivity index (χ3n) is 3.88. The van der Waals surface area contributed by atoms with Gasteiger partial charge in [-0.1, -0.05) is 16.8 Å². The SMILES string of the molecule is CC(C)Oc1ncc(-c2nc(-c3ccc(OSC(F)(F)F)c4occc34)no2)cc1Cl. The van der Waals surface area contributed by atoms with E-state index in [0.717, 1.165) is 0 Å². The summed E-state index contributed by atoms with van der Waals surface area (Å²) in [6.45, 7) is 3.70. The summed E-state index contributed by atoms with van der Waals surface area (Å²) in [5.74, 6) is 0.569. The summed E-state index contributed by atoms with van der Waals surface area (Å²) in [5, 5.41) is 4.70. The van der Waals surface area contributed by atoms with E-state index in [1.165, 1.54) is 24.6 Å². The number of fused-ring (bicyclic) bond motifs is 1. The van der Waals surface area contributed by atoms with Gasteiger partial charge in [0.25, 0.3) is 5.89 Å². The first-order valence-electron chi connectivity index (χ1n) is 8.80. The van der Waals surface area contributed by atoms with Crippen LogP contribution in [0.4, 0.5) is 13.2 Å². The van der Waals surface area contributed by atoms with Crippen LogP contribution in [-0.2, 0) is 0 Å². The minimum absolute atomic E-state index is 0.0773. The highest BCUT2D eigenvalue weighted by atomic mass is 35.5. The molecule has 162 valence electrons. The predicted molar refractivity (Wildman–Crippen MR) is 108 cm³/mol. The van der Waals surface area contributed by atoms with Crippen LogP contribution in [0, 0.1) is 0 Å². The Hall–Kier alpha value is -2.92. The van der Waals surface area contributed by atoms with Crippen molar-refractivity contribution in [1.82, 2.24) is 15.1 Å². The maximum Gasteiger partial charge on any atom is 0.479 e. The van der Waals surface area contributed by atoms with Gasteiger partial charge in [-0.15, -0.1) is 0 Å². The van der Waals surface area contributed by atoms with Crippen molar-refractivity contribution in [3.8, 4) is 34.5 Å². The Labute approximate surface area is 182 Å². The van der Waals surface area contributed by atoms with Crippen molar-refractivity contribution in [1.29, 1.82) is 0 Å². The number of halogens is 4. The zero-order chi connectivity index (χ0) is 22.2. The minimum atomic E-state index is -4.55. The standard InChI is InChI=1S/C19H13ClF3N3O4S/c1-9(2)28-18-13(20)7-10(8-24-18)17-25-16(26-29-17)12-3-4-14(30-31-19(21,22)23)15-11(12)5-6-27-15/h3-9H,1-2H3. The van der Waals surface area contributed by atoms with Crippen LogP contribution < -0.4 is 8.92 Å². The monoisotopic (exact) mass is 471 g/mol. The van der Waals surface area contributed by atoms with Crippen LogP contribution in [0.3, 0.4) is 0 Å². The van der Waals surface area contributed by atoms with Crippen LogP contribution in [0.2, 0.25) is 5.02 Å². The number of nitrogens with zero attached hydrogens (tertiary/aromatic N) is 3. The first-order valence-corrected chi connectivity index (χ1v) is 9.92. The Balaban J connectivity index is 1.64. The fourth-order valence-electron chi connectivity index (χ4n) is 2.69. The molecule has 0 unspecified atom stereocenters. The van der Waals surface area contributed by atoms with Gasteiger partial charge < -0.3 is 17.9 Å². The number of ether oxygens (including phenoxy) is 1. The first-order chi connectivity index (χ1) is 14.7. The van der Waals surface area contributed by atoms with E-state index in [2.05, 4.69) is 15.1 Å². The van der Waals surface area contributed by atoms with Gasteiger partial charge in [-0.05, 0) is 38.1 Å². The fourth-order valence-corrected chi connectivity index (χ4v) is 3.22. The average Bonchev–Trinajstić information content (AvgIpc) is 3.36. The lowest BCUT2D eigenvalue weighted by molar-refractivity contribution is -0.0369. The van der Waals surface area contributed by atoms with E-state index in [1.807, 2.05) is 13.8 Å². The Morgan fingerprint density at radius 2 is 2.00 bits per heavy atom. The van der Waals surface area contributed by atoms with Gasteiger partial charge in [0.1, 0.15) is 5.02 Å². The molecule has 0 saturated heterocycles. The molecule has 1 aromatic carbocycles. The quantitative estimate of drug-likeness (QED) is 0.293. The minimum Gasteiger partial charge on any atom is -0.474 e. The van der Waals surface area contributed by atoms with Gasteiger partial charge >= 0.3 is 5.51 Å². The Bertz CT molecular complexity index is 1230. The maximum atomic E-state index is 12.4. The molecule has 0 atom stereocenters. The second kappa shape index (κ2) is 8.31. The number of furan rings is 1. The zero-order valence-corrected chi connectivity index (χ0v) is 17.5. The van der Waals surface area contributed by atoms with E-state index in [1.54, 1.807) is 12.1 Å². The van der Waals surface area contributed by atoms with Crippen LogP contribution in [0.5, 0.6) is 11.6 Å². The maximum absolute atomic E-state index is 12.4. The van der Waals surface area contributed by atoms with Gasteiger partial charge in [0.15, 0.2) is 23.4 Å². The highest BCUT2D eigenvalue weighted by molar-refractivity contribution is 7.95. The van der Waals surface area contributed by atoms with Crippen molar-refractivity contribution in [2.45, 2.75) is 25.5 Å². The molecule has 12 heteroatoms. The number of aromatic nitrogens is 3. The van der Waals surface area contributed by atoms with E-state index in [-0.39, 0.29) is 40.1 Å². The number of hydrogen-bond donors (Lipinski definition) is 0. The predicted octanol–water partition coefficient (Wildman–Crippen LogP) is 6.53. The lowest BCUT2D eigenvalue weighted by Gasteiger charge is -2.09. The topological polar surface area (TPSA) is 83.4 Å². The summed E-state index contributed by atoms with van der Waals surface area (Å²) < 4.78 is 58.2. The third-order valence-corrected chi connectivity index (χ3v) is 4.60. The summed E-state index contributed by atoms with van der Waals surface area (Å²) in [5.41, 5.74) is -3.46. The molecular formula is C19H13ClF3N3O4S. The number of pyridine rings is 1. The number of hydrogen-bond acceptors (Lipinski definition) is 8. The largest absolute Gasteiger partial charge is 0.479 e. The lowest BCUT2D eigenvalue weighted by atomic mass is 10.1. The molecule has 3 aromatic heterocycles. The average molecular weight is 472 g/mol. The second-order valence-electron chi connectivity index (χ2n) is 6.49. The van der Waals surface area contributed by atoms with E-state index in [4.69, 9.17) is 29.5 Å². The smallest absolute Gasteiger partial charge is 0.474 e. The highest BCUT2D eigenvalue weighted by Crippen LogP contribution is 2.39. The van der Waals surface area contributed by atoms with Gasteiger partial charge in [0, 0.05) is 17.1 Å². The molecule has 0 bridgehead atoms. The van der Waals surface area contributed by atoms with E-state index in [0.29, 0.717) is 16.5 Å². The van der Waals surface area contributed by atoms with Crippen molar-refractivity contribution in [3.63, 3.8) is 0 Å². The molecule has 0 aliphatic heterocycles. The van der Waals surface area contributed by atoms with Gasteiger partial charge in [-0.3, -0.25) is 0 Å². The Morgan fingerprint density at radius 3 is 2.71 bits per heavy atom. The molecule has 4 aromatic rings. The molecule has 0 N–H and O–H groups in total. The molecule has 0 aliphatic carbocycles. The molecular weight excluding hydrogens is 459 g/mol. The zero-order valence-electron chi connectivity index (χ0n) is 15.9. The van der Waals surface area contributed by atoms with Gasteiger partial charge in [0.2, 0.25) is 11.7 Å². The molecule has 0 radical (unpaired) electrons. The molecule has 0 spiro atoms. The number of benzene rings is 1. The second-order valence-corrected chi connectivity index (χ2v) is 7.69. The molecule has 0 amide bonds. The molecule has 31 heavy (non-hydrogen) atoms. The van der Waals surface area contributed by atoms with Crippen molar-refractivity contribution in [3.05, 3.63) is 41.7 Å². The van der Waals surface area contributed by atoms with Gasteiger partial charge in [-0.25, -0.2) is 4.98 Å². The van der Waals surface area contributed by atoms with Crippen LogP contribution >= 0.6 is 23.6 Å². The van der Waals surface area contributed by atoms with E-state index in [9.17, 15) is 13.2 Å². The fraction of sp³-hybridized carbons (Fsp3) is 0.211. The van der Waals surface area contributed by atoms with Crippen LogP contribution in [0.1, 0.15) is 13.8 Å². The number of alkyl halides is 3. The molecule has 3 heterocycles. The van der Waals surface area contributed by atoms with Crippen molar-refractivity contribution in [2.75, 3.05) is 0 Å². The Morgan fingerprint density at radius 1 is 1.19 bits per heavy atom. The highest BCUT2D eigenvalue weighted by Gasteiger charge is 2.32. The molecule has 7 nitrogen and oxygen atoms in total. The normalized spacial score (nSPS) is 12.0. The first kappa shape index (κ1) is 21.3. The lowest BCUT2D eigenvalue weighted by Crippen LogP contribution is -2.07. The summed E-state index contributed by atoms with van der Waals surface area (Å²) in [7, 11) is 0. The summed E-state index contributed by atoms with van der Waals surface area (Å²) >= 11 is 5.58. The van der Waals surface area contributed by atoms with Crippen molar-refractivity contribution < 1.29 is 31.0 Å². The van der Waals surface area contributed by atoms with Gasteiger partial charge in [0.05, 0.1) is 17.9 Å². The van der Waals surface area contributed by atoms with Crippen molar-refractivity contribution in [2.24, 2.45) is 0 Å². The van der Waals surface area contributed by atoms with Crippen LogP contribution in [-0.4, -0.2) is 26.7 Å². The molecule has 0 fully saturated rings. The van der Waals surface area contributed by atoms with Crippen LogP contribution in [0.15, 0.2) is 45.7 Å². The van der Waals surface area contributed by atoms with Crippen molar-refractivity contribution >= 4 is 34.6 Å². The molecule has 0 aliphatic rings. The third kappa shape index (κ3) is 4.72. The Kier molecular flexibility index (Phi) is 5.71. The molecule has 0 saturated carbocycles. The molecule has 4 rings (SSSR count). The van der Waals surface area contributed by atoms with E-state index < -0.39 is 17.6 Å². The number of rotatable bonds is 6. The summed E-state index contributed by atoms with van der Waals surface area (Å²) in [6.07, 6.45) is 2.72. The summed E-state index contributed by atoms with van der Waals surface area (Å²) in [4.78, 5) is 8.50. The van der Waals surface area contributed by atoms with Gasteiger partial charge in [-0.2, -0.15) is 18.2 Å².